The van der Waals surface area contributed by atoms with Crippen LogP contribution in [-0.4, -0.2) is 45.4 Å². The number of thiophene rings is 1. The molecule has 0 saturated carbocycles. The molecule has 1 aromatic heterocycles. The fraction of sp³-hybridized carbons (Fsp3) is 0.450. The molecule has 6 nitrogen and oxygen atoms in total. The Morgan fingerprint density at radius 2 is 2.18 bits per heavy atom. The maximum absolute atomic E-state index is 12.7. The third kappa shape index (κ3) is 5.12. The summed E-state index contributed by atoms with van der Waals surface area (Å²) in [6.45, 7) is 1.30. The predicted octanol–water partition coefficient (Wildman–Crippen LogP) is 2.91. The molecule has 0 spiro atoms. The zero-order valence-corrected chi connectivity index (χ0v) is 17.6. The number of carbonyl (C=O) groups excluding carboxylic acids is 1. The number of ether oxygens (including phenoxy) is 1. The van der Waals surface area contributed by atoms with Crippen LogP contribution in [0.1, 0.15) is 24.8 Å². The first-order chi connectivity index (χ1) is 13.5. The number of aryl methyl sites for hydroxylation is 1. The van der Waals surface area contributed by atoms with Crippen molar-refractivity contribution in [3.8, 4) is 5.75 Å². The van der Waals surface area contributed by atoms with Gasteiger partial charge in [-0.15, -0.1) is 11.3 Å². The van der Waals surface area contributed by atoms with Crippen LogP contribution in [0.2, 0.25) is 0 Å². The van der Waals surface area contributed by atoms with Crippen molar-refractivity contribution in [3.63, 3.8) is 0 Å². The van der Waals surface area contributed by atoms with Crippen molar-refractivity contribution in [2.45, 2.75) is 29.9 Å². The number of carbonyl (C=O) groups is 1. The van der Waals surface area contributed by atoms with E-state index in [0.29, 0.717) is 23.7 Å². The maximum Gasteiger partial charge on any atom is 0.252 e. The summed E-state index contributed by atoms with van der Waals surface area (Å²) in [5.74, 6) is 0.479. The van der Waals surface area contributed by atoms with Gasteiger partial charge in [-0.25, -0.2) is 8.42 Å². The molecule has 1 amide bonds. The van der Waals surface area contributed by atoms with Crippen molar-refractivity contribution < 1.29 is 17.9 Å². The second-order valence-corrected chi connectivity index (χ2v) is 9.99. The van der Waals surface area contributed by atoms with Crippen LogP contribution in [-0.2, 0) is 21.2 Å². The highest BCUT2D eigenvalue weighted by molar-refractivity contribution is 7.91. The SMILES string of the molecule is COc1cccc(CCCNC(=O)[C@H]2CCCN(S(=O)(=O)c3cccs3)C2)c1. The summed E-state index contributed by atoms with van der Waals surface area (Å²) in [4.78, 5) is 12.5. The van der Waals surface area contributed by atoms with Gasteiger partial charge in [-0.3, -0.25) is 4.79 Å². The molecule has 152 valence electrons. The number of hydrogen-bond donors (Lipinski definition) is 1. The van der Waals surface area contributed by atoms with Crippen LogP contribution in [0.5, 0.6) is 5.75 Å². The molecule has 2 aromatic rings. The van der Waals surface area contributed by atoms with E-state index in [2.05, 4.69) is 5.32 Å². The Morgan fingerprint density at radius 3 is 2.93 bits per heavy atom. The third-order valence-corrected chi connectivity index (χ3v) is 8.16. The third-order valence-electron chi connectivity index (χ3n) is 4.92. The van der Waals surface area contributed by atoms with Crippen LogP contribution in [0.25, 0.3) is 0 Å². The summed E-state index contributed by atoms with van der Waals surface area (Å²) in [6, 6.07) is 11.2. The lowest BCUT2D eigenvalue weighted by Crippen LogP contribution is -2.45. The maximum atomic E-state index is 12.7. The van der Waals surface area contributed by atoms with Crippen LogP contribution in [0.4, 0.5) is 0 Å². The first-order valence-electron chi connectivity index (χ1n) is 9.45. The van der Waals surface area contributed by atoms with E-state index in [1.165, 1.54) is 21.2 Å². The van der Waals surface area contributed by atoms with Gasteiger partial charge in [0.15, 0.2) is 0 Å². The van der Waals surface area contributed by atoms with Crippen molar-refractivity contribution in [2.24, 2.45) is 5.92 Å². The number of piperidine rings is 1. The van der Waals surface area contributed by atoms with Crippen LogP contribution >= 0.6 is 11.3 Å². The molecule has 0 unspecified atom stereocenters. The molecule has 0 aliphatic carbocycles. The zero-order chi connectivity index (χ0) is 20.0. The van der Waals surface area contributed by atoms with E-state index in [1.54, 1.807) is 24.6 Å². The number of rotatable bonds is 8. The Bertz CT molecular complexity index is 881. The van der Waals surface area contributed by atoms with E-state index in [1.807, 2.05) is 24.3 Å². The molecule has 0 radical (unpaired) electrons. The van der Waals surface area contributed by atoms with Gasteiger partial charge in [0, 0.05) is 19.6 Å². The summed E-state index contributed by atoms with van der Waals surface area (Å²) >= 11 is 1.21. The lowest BCUT2D eigenvalue weighted by molar-refractivity contribution is -0.126. The van der Waals surface area contributed by atoms with Crippen LogP contribution < -0.4 is 10.1 Å². The normalized spacial score (nSPS) is 18.0. The van der Waals surface area contributed by atoms with Crippen LogP contribution in [0, 0.1) is 5.92 Å². The van der Waals surface area contributed by atoms with Gasteiger partial charge >= 0.3 is 0 Å². The number of methoxy groups -OCH3 is 1. The quantitative estimate of drug-likeness (QED) is 0.664. The lowest BCUT2D eigenvalue weighted by atomic mass is 9.99. The second-order valence-electron chi connectivity index (χ2n) is 6.88. The highest BCUT2D eigenvalue weighted by Crippen LogP contribution is 2.26. The molecule has 0 bridgehead atoms. The van der Waals surface area contributed by atoms with E-state index >= 15 is 0 Å². The molecule has 1 aromatic carbocycles. The molecule has 1 atom stereocenters. The largest absolute Gasteiger partial charge is 0.497 e. The Morgan fingerprint density at radius 1 is 1.32 bits per heavy atom. The average Bonchev–Trinajstić information content (AvgIpc) is 3.27. The number of amides is 1. The zero-order valence-electron chi connectivity index (χ0n) is 16.0. The smallest absolute Gasteiger partial charge is 0.252 e. The average molecular weight is 423 g/mol. The Balaban J connectivity index is 1.47. The summed E-state index contributed by atoms with van der Waals surface area (Å²) in [5.41, 5.74) is 1.17. The van der Waals surface area contributed by atoms with E-state index in [-0.39, 0.29) is 18.4 Å². The van der Waals surface area contributed by atoms with Crippen LogP contribution in [0.3, 0.4) is 0 Å². The van der Waals surface area contributed by atoms with Gasteiger partial charge in [0.05, 0.1) is 13.0 Å². The van der Waals surface area contributed by atoms with Gasteiger partial charge < -0.3 is 10.1 Å². The predicted molar refractivity (Wildman–Crippen MR) is 110 cm³/mol. The van der Waals surface area contributed by atoms with E-state index in [9.17, 15) is 13.2 Å². The number of benzene rings is 1. The fourth-order valence-corrected chi connectivity index (χ4v) is 6.06. The Labute approximate surface area is 170 Å². The topological polar surface area (TPSA) is 75.7 Å². The van der Waals surface area contributed by atoms with Crippen molar-refractivity contribution in [1.29, 1.82) is 0 Å². The van der Waals surface area contributed by atoms with Crippen molar-refractivity contribution in [3.05, 3.63) is 47.3 Å². The van der Waals surface area contributed by atoms with Gasteiger partial charge in [-0.1, -0.05) is 18.2 Å². The van der Waals surface area contributed by atoms with Gasteiger partial charge in [0.25, 0.3) is 10.0 Å². The number of hydrogen-bond acceptors (Lipinski definition) is 5. The van der Waals surface area contributed by atoms with Gasteiger partial charge in [0.2, 0.25) is 5.91 Å². The molecule has 1 aliphatic rings. The minimum absolute atomic E-state index is 0.0586. The molecule has 8 heteroatoms. The van der Waals surface area contributed by atoms with E-state index < -0.39 is 10.0 Å². The fourth-order valence-electron chi connectivity index (χ4n) is 3.39. The Kier molecular flexibility index (Phi) is 7.09. The number of nitrogens with zero attached hydrogens (tertiary/aromatic N) is 1. The molecule has 3 rings (SSSR count). The molecule has 1 fully saturated rings. The van der Waals surface area contributed by atoms with Crippen molar-refractivity contribution in [1.82, 2.24) is 9.62 Å². The highest BCUT2D eigenvalue weighted by atomic mass is 32.2. The molecule has 28 heavy (non-hydrogen) atoms. The van der Waals surface area contributed by atoms with Gasteiger partial charge in [0.1, 0.15) is 9.96 Å². The summed E-state index contributed by atoms with van der Waals surface area (Å²) < 4.78 is 32.4. The first kappa shape index (κ1) is 20.8. The second kappa shape index (κ2) is 9.54. The number of nitrogens with one attached hydrogen (secondary N) is 1. The summed E-state index contributed by atoms with van der Waals surface area (Å²) in [5, 5.41) is 4.72. The molecular weight excluding hydrogens is 396 g/mol. The Hall–Kier alpha value is -1.90. The van der Waals surface area contributed by atoms with E-state index in [4.69, 9.17) is 4.74 Å². The van der Waals surface area contributed by atoms with E-state index in [0.717, 1.165) is 25.0 Å². The monoisotopic (exact) mass is 422 g/mol. The molecule has 1 aliphatic heterocycles. The standard InChI is InChI=1S/C20H26N2O4S2/c1-26-18-9-2-6-16(14-18)7-3-11-21-20(23)17-8-4-12-22(15-17)28(24,25)19-10-5-13-27-19/h2,5-6,9-10,13-14,17H,3-4,7-8,11-12,15H2,1H3,(H,21,23)/t17-/m0/s1. The summed E-state index contributed by atoms with van der Waals surface area (Å²) in [6.07, 6.45) is 3.09. The van der Waals surface area contributed by atoms with Crippen molar-refractivity contribution in [2.75, 3.05) is 26.7 Å². The number of sulfonamides is 1. The minimum atomic E-state index is -3.49. The van der Waals surface area contributed by atoms with Gasteiger partial charge in [-0.05, 0) is 54.8 Å². The highest BCUT2D eigenvalue weighted by Gasteiger charge is 2.33. The molecule has 2 heterocycles. The van der Waals surface area contributed by atoms with Crippen molar-refractivity contribution >= 4 is 27.3 Å². The first-order valence-corrected chi connectivity index (χ1v) is 11.8. The minimum Gasteiger partial charge on any atom is -0.497 e. The van der Waals surface area contributed by atoms with Gasteiger partial charge in [-0.2, -0.15) is 4.31 Å². The van der Waals surface area contributed by atoms with Crippen LogP contribution in [0.15, 0.2) is 46.0 Å². The molecular formula is C20H26N2O4S2. The lowest BCUT2D eigenvalue weighted by Gasteiger charge is -2.30. The summed E-state index contributed by atoms with van der Waals surface area (Å²) in [7, 11) is -1.85. The molecule has 1 saturated heterocycles. The molecule has 1 N–H and O–H groups in total.